The molecule has 0 saturated carbocycles. The Hall–Kier alpha value is -3.93. The average Bonchev–Trinajstić information content (AvgIpc) is 2.80. The number of hydrogen-bond donors (Lipinski definition) is 2. The van der Waals surface area contributed by atoms with E-state index >= 15 is 0 Å². The van der Waals surface area contributed by atoms with Crippen molar-refractivity contribution in [1.82, 2.24) is 0 Å². The zero-order valence-corrected chi connectivity index (χ0v) is 17.6. The first-order valence-electron chi connectivity index (χ1n) is 9.82. The predicted molar refractivity (Wildman–Crippen MR) is 121 cm³/mol. The van der Waals surface area contributed by atoms with Crippen LogP contribution in [0.5, 0.6) is 17.2 Å². The minimum atomic E-state index is -0.452. The van der Waals surface area contributed by atoms with E-state index in [0.717, 1.165) is 39.3 Å². The third-order valence-corrected chi connectivity index (χ3v) is 5.30. The molecule has 1 heterocycles. The van der Waals surface area contributed by atoms with Gasteiger partial charge in [-0.2, -0.15) is 0 Å². The predicted octanol–water partition coefficient (Wildman–Crippen LogP) is 5.10. The third-order valence-electron chi connectivity index (χ3n) is 5.30. The van der Waals surface area contributed by atoms with Gasteiger partial charge in [-0.05, 0) is 60.5 Å². The van der Waals surface area contributed by atoms with Crippen LogP contribution in [0, 0.1) is 6.92 Å². The number of aryl methyl sites for hydroxylation is 1. The minimum absolute atomic E-state index is 0.0973. The summed E-state index contributed by atoms with van der Waals surface area (Å²) in [5.41, 5.74) is 4.10. The van der Waals surface area contributed by atoms with Gasteiger partial charge in [-0.15, -0.1) is 0 Å². The number of ether oxygens (including phenoxy) is 2. The first-order chi connectivity index (χ1) is 15.0. The highest BCUT2D eigenvalue weighted by Crippen LogP contribution is 2.34. The monoisotopic (exact) mass is 417 g/mol. The lowest BCUT2D eigenvalue weighted by molar-refractivity contribution is 0.414. The van der Waals surface area contributed by atoms with Crippen LogP contribution in [0.25, 0.3) is 22.1 Å². The van der Waals surface area contributed by atoms with Crippen molar-refractivity contribution in [1.29, 1.82) is 0 Å². The molecular weight excluding hydrogens is 394 g/mol. The smallest absolute Gasteiger partial charge is 0.336 e. The summed E-state index contributed by atoms with van der Waals surface area (Å²) in [5.74, 6) is 1.64. The summed E-state index contributed by atoms with van der Waals surface area (Å²) in [6, 6.07) is 18.4. The SMILES string of the molecule is COc1ccc(-c2cc(NCc3cc(=O)oc4c(C)c(O)ccc34)ccc2OC)cc1. The van der Waals surface area contributed by atoms with Crippen molar-refractivity contribution in [2.75, 3.05) is 19.5 Å². The Balaban J connectivity index is 1.66. The van der Waals surface area contributed by atoms with Crippen LogP contribution in [0.3, 0.4) is 0 Å². The first kappa shape index (κ1) is 20.3. The highest BCUT2D eigenvalue weighted by Gasteiger charge is 2.12. The highest BCUT2D eigenvalue weighted by molar-refractivity contribution is 5.85. The Morgan fingerprint density at radius 2 is 1.74 bits per heavy atom. The molecule has 0 spiro atoms. The van der Waals surface area contributed by atoms with Gasteiger partial charge >= 0.3 is 5.63 Å². The van der Waals surface area contributed by atoms with Gasteiger partial charge in [0, 0.05) is 34.8 Å². The molecule has 6 nitrogen and oxygen atoms in total. The number of aromatic hydroxyl groups is 1. The molecule has 0 bridgehead atoms. The first-order valence-corrected chi connectivity index (χ1v) is 9.82. The van der Waals surface area contributed by atoms with E-state index in [4.69, 9.17) is 13.9 Å². The number of benzene rings is 3. The van der Waals surface area contributed by atoms with E-state index in [-0.39, 0.29) is 5.75 Å². The van der Waals surface area contributed by atoms with Crippen LogP contribution in [0.4, 0.5) is 5.69 Å². The Morgan fingerprint density at radius 3 is 2.45 bits per heavy atom. The molecule has 1 aromatic heterocycles. The van der Waals surface area contributed by atoms with Crippen LogP contribution in [-0.4, -0.2) is 19.3 Å². The molecule has 4 rings (SSSR count). The molecule has 0 amide bonds. The van der Waals surface area contributed by atoms with Gasteiger partial charge in [0.05, 0.1) is 14.2 Å². The number of phenolic OH excluding ortho intramolecular Hbond substituents is 1. The van der Waals surface area contributed by atoms with E-state index in [1.807, 2.05) is 42.5 Å². The molecule has 0 aliphatic heterocycles. The Kier molecular flexibility index (Phi) is 5.54. The molecule has 4 aromatic rings. The van der Waals surface area contributed by atoms with Gasteiger partial charge in [0.25, 0.3) is 0 Å². The van der Waals surface area contributed by atoms with E-state index in [0.29, 0.717) is 17.7 Å². The average molecular weight is 417 g/mol. The second-order valence-electron chi connectivity index (χ2n) is 7.17. The van der Waals surface area contributed by atoms with Gasteiger partial charge in [-0.3, -0.25) is 0 Å². The number of phenols is 1. The maximum atomic E-state index is 12.1. The molecule has 0 aliphatic carbocycles. The molecule has 0 radical (unpaired) electrons. The van der Waals surface area contributed by atoms with Crippen LogP contribution >= 0.6 is 0 Å². The van der Waals surface area contributed by atoms with Crippen LogP contribution in [0.1, 0.15) is 11.1 Å². The number of nitrogens with one attached hydrogen (secondary N) is 1. The number of hydrogen-bond acceptors (Lipinski definition) is 6. The molecule has 31 heavy (non-hydrogen) atoms. The lowest BCUT2D eigenvalue weighted by Crippen LogP contribution is -2.06. The van der Waals surface area contributed by atoms with Crippen LogP contribution in [-0.2, 0) is 6.54 Å². The van der Waals surface area contributed by atoms with Crippen molar-refractivity contribution in [2.24, 2.45) is 0 Å². The largest absolute Gasteiger partial charge is 0.508 e. The summed E-state index contributed by atoms with van der Waals surface area (Å²) < 4.78 is 16.1. The number of fused-ring (bicyclic) bond motifs is 1. The molecule has 2 N–H and O–H groups in total. The summed E-state index contributed by atoms with van der Waals surface area (Å²) >= 11 is 0. The van der Waals surface area contributed by atoms with Crippen molar-refractivity contribution in [3.8, 4) is 28.4 Å². The lowest BCUT2D eigenvalue weighted by Gasteiger charge is -2.14. The van der Waals surface area contributed by atoms with Crippen molar-refractivity contribution in [3.63, 3.8) is 0 Å². The van der Waals surface area contributed by atoms with E-state index in [1.54, 1.807) is 33.3 Å². The molecule has 158 valence electrons. The second-order valence-corrected chi connectivity index (χ2v) is 7.17. The van der Waals surface area contributed by atoms with E-state index < -0.39 is 5.63 Å². The summed E-state index contributed by atoms with van der Waals surface area (Å²) in [7, 11) is 3.28. The summed E-state index contributed by atoms with van der Waals surface area (Å²) in [6.45, 7) is 2.14. The van der Waals surface area contributed by atoms with Gasteiger partial charge in [-0.1, -0.05) is 12.1 Å². The Labute approximate surface area is 179 Å². The molecular formula is C25H23NO5. The van der Waals surface area contributed by atoms with Gasteiger partial charge in [0.2, 0.25) is 0 Å². The molecule has 6 heteroatoms. The third kappa shape index (κ3) is 4.05. The number of rotatable bonds is 6. The van der Waals surface area contributed by atoms with Crippen molar-refractivity contribution >= 4 is 16.7 Å². The standard InChI is InChI=1S/C25H23NO5/c1-15-22(27)10-9-20-17(12-24(28)31-25(15)20)14-26-18-6-11-23(30-3)21(13-18)16-4-7-19(29-2)8-5-16/h4-13,26-27H,14H2,1-3H3. The quantitative estimate of drug-likeness (QED) is 0.425. The van der Waals surface area contributed by atoms with Crippen LogP contribution in [0.15, 0.2) is 69.9 Å². The molecule has 0 aliphatic rings. The van der Waals surface area contributed by atoms with Gasteiger partial charge in [-0.25, -0.2) is 4.79 Å². The summed E-state index contributed by atoms with van der Waals surface area (Å²) in [4.78, 5) is 12.1. The van der Waals surface area contributed by atoms with Crippen molar-refractivity contribution in [2.45, 2.75) is 13.5 Å². The second kappa shape index (κ2) is 8.44. The van der Waals surface area contributed by atoms with E-state index in [1.165, 1.54) is 6.07 Å². The maximum Gasteiger partial charge on any atom is 0.336 e. The van der Waals surface area contributed by atoms with Gasteiger partial charge < -0.3 is 24.3 Å². The molecule has 0 saturated heterocycles. The fourth-order valence-electron chi connectivity index (χ4n) is 3.57. The lowest BCUT2D eigenvalue weighted by atomic mass is 10.0. The Bertz CT molecular complexity index is 1290. The van der Waals surface area contributed by atoms with Crippen molar-refractivity contribution in [3.05, 3.63) is 82.2 Å². The number of methoxy groups -OCH3 is 2. The normalized spacial score (nSPS) is 10.8. The molecule has 3 aromatic carbocycles. The fraction of sp³-hybridized carbons (Fsp3) is 0.160. The van der Waals surface area contributed by atoms with Gasteiger partial charge in [0.1, 0.15) is 22.8 Å². The van der Waals surface area contributed by atoms with Crippen LogP contribution in [0.2, 0.25) is 0 Å². The highest BCUT2D eigenvalue weighted by atomic mass is 16.5. The zero-order chi connectivity index (χ0) is 22.0. The molecule has 0 unspecified atom stereocenters. The van der Waals surface area contributed by atoms with Gasteiger partial charge in [0.15, 0.2) is 0 Å². The van der Waals surface area contributed by atoms with E-state index in [9.17, 15) is 9.90 Å². The number of anilines is 1. The summed E-state index contributed by atoms with van der Waals surface area (Å²) in [6.07, 6.45) is 0. The maximum absolute atomic E-state index is 12.1. The summed E-state index contributed by atoms with van der Waals surface area (Å²) in [5, 5.41) is 14.1. The van der Waals surface area contributed by atoms with Crippen molar-refractivity contribution < 1.29 is 19.0 Å². The zero-order valence-electron chi connectivity index (χ0n) is 17.6. The topological polar surface area (TPSA) is 80.9 Å². The fourth-order valence-corrected chi connectivity index (χ4v) is 3.57. The van der Waals surface area contributed by atoms with E-state index in [2.05, 4.69) is 5.32 Å². The van der Waals surface area contributed by atoms with Crippen LogP contribution < -0.4 is 20.4 Å². The Morgan fingerprint density at radius 1 is 0.968 bits per heavy atom. The molecule has 0 fully saturated rings. The molecule has 0 atom stereocenters. The minimum Gasteiger partial charge on any atom is -0.508 e.